The van der Waals surface area contributed by atoms with E-state index in [0.717, 1.165) is 0 Å². The molecule has 0 amide bonds. The van der Waals surface area contributed by atoms with Crippen molar-refractivity contribution in [2.45, 2.75) is 6.42 Å². The monoisotopic (exact) mass is 295 g/mol. The Morgan fingerprint density at radius 1 is 1.21 bits per heavy atom. The van der Waals surface area contributed by atoms with Crippen LogP contribution in [0.25, 0.3) is 11.2 Å². The fraction of sp³-hybridized carbons (Fsp3) is 0.0769. The summed E-state index contributed by atoms with van der Waals surface area (Å²) in [7, 11) is 0. The second-order valence-corrected chi connectivity index (χ2v) is 4.79. The van der Waals surface area contributed by atoms with Crippen LogP contribution in [0.4, 0.5) is 4.39 Å². The Kier molecular flexibility index (Phi) is 3.12. The van der Waals surface area contributed by atoms with Gasteiger partial charge in [0.2, 0.25) is 0 Å². The predicted molar refractivity (Wildman–Crippen MR) is 73.9 cm³/mol. The van der Waals surface area contributed by atoms with E-state index in [0.29, 0.717) is 33.5 Å². The summed E-state index contributed by atoms with van der Waals surface area (Å²) < 4.78 is 15.4. The number of hydrogen-bond acceptors (Lipinski definition) is 2. The average molecular weight is 296 g/mol. The largest absolute Gasteiger partial charge is 0.227 e. The van der Waals surface area contributed by atoms with Gasteiger partial charge in [-0.1, -0.05) is 41.4 Å². The highest BCUT2D eigenvalue weighted by Crippen LogP contribution is 2.27. The van der Waals surface area contributed by atoms with E-state index < -0.39 is 0 Å². The normalized spacial score (nSPS) is 15.3. The molecule has 96 valence electrons. The maximum Gasteiger partial charge on any atom is 0.176 e. The third-order valence-electron chi connectivity index (χ3n) is 2.74. The highest BCUT2D eigenvalue weighted by Gasteiger charge is 2.13. The van der Waals surface area contributed by atoms with Crippen LogP contribution in [0.1, 0.15) is 12.1 Å². The Morgan fingerprint density at radius 3 is 2.84 bits per heavy atom. The second kappa shape index (κ2) is 4.79. The molecule has 1 aliphatic rings. The van der Waals surface area contributed by atoms with Gasteiger partial charge in [0.05, 0.1) is 11.9 Å². The summed E-state index contributed by atoms with van der Waals surface area (Å²) in [6.45, 7) is 0. The molecule has 1 aliphatic carbocycles. The van der Waals surface area contributed by atoms with Gasteiger partial charge >= 0.3 is 0 Å². The first-order valence-corrected chi connectivity index (χ1v) is 6.35. The molecule has 0 saturated carbocycles. The lowest BCUT2D eigenvalue weighted by Gasteiger charge is -2.05. The van der Waals surface area contributed by atoms with Crippen molar-refractivity contribution >= 4 is 34.4 Å². The van der Waals surface area contributed by atoms with E-state index in [4.69, 9.17) is 23.2 Å². The molecule has 0 N–H and O–H groups in total. The van der Waals surface area contributed by atoms with Crippen LogP contribution in [0.15, 0.2) is 42.4 Å². The zero-order valence-corrected chi connectivity index (χ0v) is 11.2. The Labute approximate surface area is 118 Å². The van der Waals surface area contributed by atoms with E-state index in [1.54, 1.807) is 18.2 Å². The lowest BCUT2D eigenvalue weighted by atomic mass is 10.1. The highest BCUT2D eigenvalue weighted by atomic mass is 35.5. The standard InChI is InChI=1S/C13H8Cl2FN3/c14-9-7-17-19-12(15)6-11(18-13(9)19)8-4-2-1-3-5-10(8)16/h2-7H,1H2. The molecule has 0 aliphatic heterocycles. The van der Waals surface area contributed by atoms with Crippen molar-refractivity contribution in [3.05, 3.63) is 58.3 Å². The Bertz CT molecular complexity index is 744. The van der Waals surface area contributed by atoms with Crippen molar-refractivity contribution in [2.75, 3.05) is 0 Å². The van der Waals surface area contributed by atoms with Crippen LogP contribution in [0.3, 0.4) is 0 Å². The molecule has 6 heteroatoms. The van der Waals surface area contributed by atoms with Crippen LogP contribution < -0.4 is 0 Å². The molecular formula is C13H8Cl2FN3. The van der Waals surface area contributed by atoms with Crippen LogP contribution in [-0.2, 0) is 0 Å². The van der Waals surface area contributed by atoms with E-state index in [2.05, 4.69) is 10.1 Å². The van der Waals surface area contributed by atoms with Gasteiger partial charge in [0, 0.05) is 11.6 Å². The van der Waals surface area contributed by atoms with Crippen molar-refractivity contribution in [3.63, 3.8) is 0 Å². The summed E-state index contributed by atoms with van der Waals surface area (Å²) in [5, 5.41) is 4.69. The van der Waals surface area contributed by atoms with Crippen LogP contribution in [0, 0.1) is 0 Å². The first kappa shape index (κ1) is 12.4. The molecule has 2 heterocycles. The Hall–Kier alpha value is -1.65. The summed E-state index contributed by atoms with van der Waals surface area (Å²) in [5.41, 5.74) is 1.22. The fourth-order valence-electron chi connectivity index (χ4n) is 1.85. The summed E-state index contributed by atoms with van der Waals surface area (Å²) in [6.07, 6.45) is 8.84. The van der Waals surface area contributed by atoms with Crippen molar-refractivity contribution in [2.24, 2.45) is 0 Å². The Morgan fingerprint density at radius 2 is 2.00 bits per heavy atom. The van der Waals surface area contributed by atoms with Gasteiger partial charge in [-0.05, 0) is 12.5 Å². The number of nitrogens with zero attached hydrogens (tertiary/aromatic N) is 3. The fourth-order valence-corrected chi connectivity index (χ4v) is 2.24. The SMILES string of the molecule is FC1=C(c2cc(Cl)n3ncc(Cl)c3n2)C=CCC=C1. The highest BCUT2D eigenvalue weighted by molar-refractivity contribution is 6.34. The van der Waals surface area contributed by atoms with Gasteiger partial charge in [-0.25, -0.2) is 13.9 Å². The number of aromatic nitrogens is 3. The summed E-state index contributed by atoms with van der Waals surface area (Å²) in [4.78, 5) is 4.31. The van der Waals surface area contributed by atoms with E-state index in [1.807, 2.05) is 6.08 Å². The van der Waals surface area contributed by atoms with Crippen LogP contribution in [0.2, 0.25) is 10.2 Å². The van der Waals surface area contributed by atoms with Gasteiger partial charge < -0.3 is 0 Å². The van der Waals surface area contributed by atoms with Crippen molar-refractivity contribution < 1.29 is 4.39 Å². The number of fused-ring (bicyclic) bond motifs is 1. The lowest BCUT2D eigenvalue weighted by Crippen LogP contribution is -1.97. The maximum absolute atomic E-state index is 14.0. The maximum atomic E-state index is 14.0. The smallest absolute Gasteiger partial charge is 0.176 e. The second-order valence-electron chi connectivity index (χ2n) is 3.99. The first-order valence-electron chi connectivity index (χ1n) is 5.60. The van der Waals surface area contributed by atoms with E-state index >= 15 is 0 Å². The molecule has 0 saturated heterocycles. The average Bonchev–Trinajstić information content (AvgIpc) is 2.63. The minimum Gasteiger partial charge on any atom is -0.227 e. The van der Waals surface area contributed by atoms with Gasteiger partial charge in [-0.3, -0.25) is 0 Å². The minimum absolute atomic E-state index is 0.328. The van der Waals surface area contributed by atoms with Gasteiger partial charge in [-0.2, -0.15) is 5.10 Å². The topological polar surface area (TPSA) is 30.2 Å². The lowest BCUT2D eigenvalue weighted by molar-refractivity contribution is 0.670. The third kappa shape index (κ3) is 2.17. The molecular weight excluding hydrogens is 288 g/mol. The number of hydrogen-bond donors (Lipinski definition) is 0. The van der Waals surface area contributed by atoms with Gasteiger partial charge in [0.1, 0.15) is 16.0 Å². The Balaban J connectivity index is 2.25. The summed E-state index contributed by atoms with van der Waals surface area (Å²) in [6, 6.07) is 1.57. The molecule has 3 rings (SSSR count). The van der Waals surface area contributed by atoms with Gasteiger partial charge in [0.15, 0.2) is 5.65 Å². The first-order chi connectivity index (χ1) is 9.16. The van der Waals surface area contributed by atoms with Crippen LogP contribution in [0.5, 0.6) is 0 Å². The molecule has 0 spiro atoms. The zero-order chi connectivity index (χ0) is 13.4. The molecule has 0 atom stereocenters. The van der Waals surface area contributed by atoms with Crippen molar-refractivity contribution in [1.82, 2.24) is 14.6 Å². The van der Waals surface area contributed by atoms with Gasteiger partial charge in [-0.15, -0.1) is 0 Å². The number of rotatable bonds is 1. The van der Waals surface area contributed by atoms with E-state index in [-0.39, 0.29) is 5.83 Å². The number of allylic oxidation sites excluding steroid dienone is 6. The predicted octanol–water partition coefficient (Wildman–Crippen LogP) is 4.23. The quantitative estimate of drug-likeness (QED) is 0.737. The molecule has 0 unspecified atom stereocenters. The molecule has 0 bridgehead atoms. The van der Waals surface area contributed by atoms with E-state index in [9.17, 15) is 4.39 Å². The van der Waals surface area contributed by atoms with Gasteiger partial charge in [0.25, 0.3) is 0 Å². The molecule has 0 fully saturated rings. The molecule has 3 nitrogen and oxygen atoms in total. The molecule has 19 heavy (non-hydrogen) atoms. The molecule has 0 aromatic carbocycles. The number of halogens is 3. The van der Waals surface area contributed by atoms with E-state index in [1.165, 1.54) is 16.8 Å². The minimum atomic E-state index is -0.350. The summed E-state index contributed by atoms with van der Waals surface area (Å²) in [5.74, 6) is -0.350. The molecule has 0 radical (unpaired) electrons. The van der Waals surface area contributed by atoms with Crippen LogP contribution in [-0.4, -0.2) is 14.6 Å². The molecule has 2 aromatic rings. The van der Waals surface area contributed by atoms with Crippen LogP contribution >= 0.6 is 23.2 Å². The molecule has 2 aromatic heterocycles. The zero-order valence-electron chi connectivity index (χ0n) is 9.65. The van der Waals surface area contributed by atoms with Crippen molar-refractivity contribution in [1.29, 1.82) is 0 Å². The summed E-state index contributed by atoms with van der Waals surface area (Å²) >= 11 is 12.1. The third-order valence-corrected chi connectivity index (χ3v) is 3.28. The van der Waals surface area contributed by atoms with Crippen molar-refractivity contribution in [3.8, 4) is 0 Å².